The van der Waals surface area contributed by atoms with Crippen molar-refractivity contribution in [2.75, 3.05) is 11.5 Å². The molecule has 1 unspecified atom stereocenters. The predicted molar refractivity (Wildman–Crippen MR) is 128 cm³/mol. The number of hydrogen-bond donors (Lipinski definition) is 1. The van der Waals surface area contributed by atoms with Gasteiger partial charge in [-0.2, -0.15) is 0 Å². The molecule has 164 valence electrons. The summed E-state index contributed by atoms with van der Waals surface area (Å²) in [6.07, 6.45) is 2.22. The van der Waals surface area contributed by atoms with Gasteiger partial charge in [0, 0.05) is 11.1 Å². The van der Waals surface area contributed by atoms with Crippen molar-refractivity contribution in [1.82, 2.24) is 4.90 Å². The van der Waals surface area contributed by atoms with Crippen LogP contribution in [0, 0.1) is 0 Å². The molecule has 1 amide bonds. The maximum absolute atomic E-state index is 13.1. The van der Waals surface area contributed by atoms with E-state index in [-0.39, 0.29) is 40.0 Å². The molecule has 2 aliphatic heterocycles. The maximum atomic E-state index is 13.1. The van der Waals surface area contributed by atoms with Gasteiger partial charge in [0.25, 0.3) is 5.91 Å². The lowest BCUT2D eigenvalue weighted by Crippen LogP contribution is -2.39. The van der Waals surface area contributed by atoms with Gasteiger partial charge in [0.05, 0.1) is 22.5 Å². The summed E-state index contributed by atoms with van der Waals surface area (Å²) in [5.41, 5.74) is 1.91. The fraction of sp³-hybridized carbons (Fsp3) is 0.545. The summed E-state index contributed by atoms with van der Waals surface area (Å²) >= 11 is 6.61. The van der Waals surface area contributed by atoms with Crippen LogP contribution in [0.15, 0.2) is 17.0 Å². The van der Waals surface area contributed by atoms with Crippen LogP contribution in [0.5, 0.6) is 5.75 Å². The summed E-state index contributed by atoms with van der Waals surface area (Å²) in [4.78, 5) is 15.0. The fourth-order valence-corrected chi connectivity index (χ4v) is 6.91. The number of rotatable bonds is 2. The first-order chi connectivity index (χ1) is 13.6. The van der Waals surface area contributed by atoms with Crippen LogP contribution in [0.25, 0.3) is 6.08 Å². The molecule has 0 spiro atoms. The molecule has 2 fully saturated rings. The van der Waals surface area contributed by atoms with Crippen LogP contribution in [-0.2, 0) is 25.5 Å². The van der Waals surface area contributed by atoms with Crippen molar-refractivity contribution < 1.29 is 18.3 Å². The summed E-state index contributed by atoms with van der Waals surface area (Å²) in [5, 5.41) is 10.9. The zero-order chi connectivity index (χ0) is 22.6. The minimum absolute atomic E-state index is 0.0335. The van der Waals surface area contributed by atoms with Crippen LogP contribution in [0.4, 0.5) is 0 Å². The van der Waals surface area contributed by atoms with Crippen LogP contribution >= 0.6 is 24.0 Å². The fourth-order valence-electron chi connectivity index (χ4n) is 3.81. The Morgan fingerprint density at radius 2 is 1.67 bits per heavy atom. The Morgan fingerprint density at radius 1 is 1.13 bits per heavy atom. The third-order valence-electron chi connectivity index (χ3n) is 5.44. The summed E-state index contributed by atoms with van der Waals surface area (Å²) in [5.74, 6) is 0.106. The Hall–Kier alpha value is -1.38. The van der Waals surface area contributed by atoms with E-state index < -0.39 is 9.84 Å². The highest BCUT2D eigenvalue weighted by Gasteiger charge is 2.42. The van der Waals surface area contributed by atoms with Crippen LogP contribution in [0.3, 0.4) is 0 Å². The van der Waals surface area contributed by atoms with Crippen LogP contribution < -0.4 is 0 Å². The average molecular weight is 468 g/mol. The lowest BCUT2D eigenvalue weighted by Gasteiger charge is -2.28. The Bertz CT molecular complexity index is 1010. The van der Waals surface area contributed by atoms with Gasteiger partial charge in [0.2, 0.25) is 0 Å². The van der Waals surface area contributed by atoms with Crippen LogP contribution in [0.1, 0.15) is 64.7 Å². The number of thiocarbonyl (C=S) groups is 1. The molecule has 1 aromatic carbocycles. The van der Waals surface area contributed by atoms with Crippen molar-refractivity contribution in [2.24, 2.45) is 0 Å². The first-order valence-electron chi connectivity index (χ1n) is 9.95. The van der Waals surface area contributed by atoms with Crippen LogP contribution in [-0.4, -0.2) is 46.2 Å². The van der Waals surface area contributed by atoms with Crippen molar-refractivity contribution in [2.45, 2.75) is 64.8 Å². The molecule has 1 N–H and O–H groups in total. The summed E-state index contributed by atoms with van der Waals surface area (Å²) in [6.45, 7) is 12.2. The molecule has 2 saturated heterocycles. The molecular formula is C22H29NO4S3. The van der Waals surface area contributed by atoms with Gasteiger partial charge >= 0.3 is 0 Å². The molecule has 3 rings (SSSR count). The minimum atomic E-state index is -3.11. The van der Waals surface area contributed by atoms with Gasteiger partial charge < -0.3 is 5.11 Å². The topological polar surface area (TPSA) is 74.7 Å². The average Bonchev–Trinajstić information content (AvgIpc) is 3.05. The zero-order valence-electron chi connectivity index (χ0n) is 18.3. The van der Waals surface area contributed by atoms with Gasteiger partial charge in [0.1, 0.15) is 10.1 Å². The van der Waals surface area contributed by atoms with E-state index in [0.29, 0.717) is 15.6 Å². The molecule has 1 atom stereocenters. The van der Waals surface area contributed by atoms with Crippen molar-refractivity contribution in [3.05, 3.63) is 33.7 Å². The number of hydrogen-bond acceptors (Lipinski definition) is 6. The van der Waals surface area contributed by atoms with E-state index in [4.69, 9.17) is 12.2 Å². The Labute approximate surface area is 188 Å². The standard InChI is InChI=1S/C22H29NO4S3/c1-21(2,3)15-9-13(10-16(18(15)24)22(4,5)6)11-17-19(25)23(20(28)29-17)14-7-8-30(26,27)12-14/h9-11,14,24H,7-8,12H2,1-6H3. The molecule has 8 heteroatoms. The number of sulfone groups is 1. The molecule has 1 aromatic rings. The lowest BCUT2D eigenvalue weighted by molar-refractivity contribution is -0.123. The van der Waals surface area contributed by atoms with Crippen molar-refractivity contribution in [1.29, 1.82) is 0 Å². The Balaban J connectivity index is 2.03. The molecule has 0 bridgehead atoms. The highest BCUT2D eigenvalue weighted by Crippen LogP contribution is 2.42. The number of carbonyl (C=O) groups excluding carboxylic acids is 1. The number of amides is 1. The van der Waals surface area contributed by atoms with Crippen molar-refractivity contribution in [3.8, 4) is 5.75 Å². The molecular weight excluding hydrogens is 438 g/mol. The summed E-state index contributed by atoms with van der Waals surface area (Å²) < 4.78 is 24.1. The van der Waals surface area contributed by atoms with Crippen molar-refractivity contribution in [3.63, 3.8) is 0 Å². The van der Waals surface area contributed by atoms with E-state index in [0.717, 1.165) is 16.7 Å². The quantitative estimate of drug-likeness (QED) is 0.514. The first kappa shape index (κ1) is 23.3. The van der Waals surface area contributed by atoms with Crippen molar-refractivity contribution >= 4 is 50.1 Å². The smallest absolute Gasteiger partial charge is 0.266 e. The zero-order valence-corrected chi connectivity index (χ0v) is 20.7. The van der Waals surface area contributed by atoms with E-state index in [1.54, 1.807) is 6.08 Å². The maximum Gasteiger partial charge on any atom is 0.266 e. The van der Waals surface area contributed by atoms with Gasteiger partial charge in [-0.1, -0.05) is 65.5 Å². The van der Waals surface area contributed by atoms with E-state index in [9.17, 15) is 18.3 Å². The van der Waals surface area contributed by atoms with Gasteiger partial charge in [-0.05, 0) is 41.0 Å². The highest BCUT2D eigenvalue weighted by atomic mass is 32.2. The van der Waals surface area contributed by atoms with Gasteiger partial charge in [-0.25, -0.2) is 8.42 Å². The molecule has 0 aliphatic carbocycles. The second kappa shape index (κ2) is 7.64. The first-order valence-corrected chi connectivity index (χ1v) is 13.0. The third kappa shape index (κ3) is 4.60. The minimum Gasteiger partial charge on any atom is -0.507 e. The SMILES string of the molecule is CC(C)(C)c1cc(C=C2SC(=S)N(C3CCS(=O)(=O)C3)C2=O)cc(C(C)(C)C)c1O. The third-order valence-corrected chi connectivity index (χ3v) is 8.52. The number of benzene rings is 1. The molecule has 5 nitrogen and oxygen atoms in total. The normalized spacial score (nSPS) is 23.6. The molecule has 0 radical (unpaired) electrons. The van der Waals surface area contributed by atoms with Gasteiger partial charge in [-0.3, -0.25) is 9.69 Å². The monoisotopic (exact) mass is 467 g/mol. The molecule has 0 aromatic heterocycles. The van der Waals surface area contributed by atoms with Gasteiger partial charge in [-0.15, -0.1) is 0 Å². The summed E-state index contributed by atoms with van der Waals surface area (Å²) in [6, 6.07) is 3.44. The molecule has 0 saturated carbocycles. The highest BCUT2D eigenvalue weighted by molar-refractivity contribution is 8.26. The molecule has 30 heavy (non-hydrogen) atoms. The number of nitrogens with zero attached hydrogens (tertiary/aromatic N) is 1. The Morgan fingerprint density at radius 3 is 2.10 bits per heavy atom. The molecule has 2 aliphatic rings. The number of carbonyl (C=O) groups is 1. The number of phenols is 1. The Kier molecular flexibility index (Phi) is 5.93. The largest absolute Gasteiger partial charge is 0.507 e. The molecule has 2 heterocycles. The summed E-state index contributed by atoms with van der Waals surface area (Å²) in [7, 11) is -3.11. The van der Waals surface area contributed by atoms with Gasteiger partial charge in [0.15, 0.2) is 9.84 Å². The number of phenolic OH excluding ortho intramolecular Hbond substituents is 1. The number of aromatic hydroxyl groups is 1. The number of thioether (sulfide) groups is 1. The second-order valence-corrected chi connectivity index (χ2v) is 14.0. The van der Waals surface area contributed by atoms with Crippen LogP contribution in [0.2, 0.25) is 0 Å². The second-order valence-electron chi connectivity index (χ2n) is 10.1. The lowest BCUT2D eigenvalue weighted by atomic mass is 9.78. The van der Waals surface area contributed by atoms with E-state index >= 15 is 0 Å². The van der Waals surface area contributed by atoms with E-state index in [2.05, 4.69) is 0 Å². The van der Waals surface area contributed by atoms with E-state index in [1.807, 2.05) is 53.7 Å². The predicted octanol–water partition coefficient (Wildman–Crippen LogP) is 4.38. The van der Waals surface area contributed by atoms with E-state index in [1.165, 1.54) is 16.7 Å².